The Balaban J connectivity index is 1.37. The Morgan fingerprint density at radius 2 is 1.84 bits per heavy atom. The number of benzene rings is 1. The normalized spacial score (nSPS) is 17.2. The molecule has 158 valence electrons. The average Bonchev–Trinajstić information content (AvgIpc) is 3.50. The van der Waals surface area contributed by atoms with Crippen LogP contribution >= 0.6 is 0 Å². The smallest absolute Gasteiger partial charge is 0.228 e. The van der Waals surface area contributed by atoms with Gasteiger partial charge in [-0.05, 0) is 29.7 Å². The van der Waals surface area contributed by atoms with E-state index < -0.39 is 0 Å². The number of ether oxygens (including phenoxy) is 1. The third kappa shape index (κ3) is 3.47. The molecule has 0 unspecified atom stereocenters. The van der Waals surface area contributed by atoms with Gasteiger partial charge in [-0.25, -0.2) is 9.97 Å². The van der Waals surface area contributed by atoms with Gasteiger partial charge >= 0.3 is 0 Å². The molecule has 8 heteroatoms. The van der Waals surface area contributed by atoms with Crippen molar-refractivity contribution in [2.75, 3.05) is 37.7 Å². The predicted molar refractivity (Wildman–Crippen MR) is 116 cm³/mol. The van der Waals surface area contributed by atoms with Gasteiger partial charge in [-0.3, -0.25) is 4.90 Å². The lowest BCUT2D eigenvalue weighted by Crippen LogP contribution is -2.38. The Labute approximate surface area is 180 Å². The van der Waals surface area contributed by atoms with Crippen LogP contribution in [0.2, 0.25) is 0 Å². The number of rotatable bonds is 4. The van der Waals surface area contributed by atoms with Crippen molar-refractivity contribution >= 4 is 11.6 Å². The molecular weight excluding hydrogens is 392 g/mol. The number of morpholine rings is 1. The van der Waals surface area contributed by atoms with Crippen LogP contribution < -0.4 is 4.90 Å². The maximum Gasteiger partial charge on any atom is 0.228 e. The Morgan fingerprint density at radius 1 is 0.968 bits per heavy atom. The van der Waals surface area contributed by atoms with Crippen LogP contribution in [-0.2, 0) is 24.2 Å². The summed E-state index contributed by atoms with van der Waals surface area (Å²) in [6.07, 6.45) is 4.67. The molecule has 5 heterocycles. The highest BCUT2D eigenvalue weighted by atomic mass is 16.5. The fourth-order valence-electron chi connectivity index (χ4n) is 4.44. The highest BCUT2D eigenvalue weighted by molar-refractivity contribution is 5.58. The van der Waals surface area contributed by atoms with Crippen LogP contribution in [0.15, 0.2) is 53.3 Å². The molecule has 0 atom stereocenters. The Morgan fingerprint density at radius 3 is 2.68 bits per heavy atom. The van der Waals surface area contributed by atoms with E-state index in [2.05, 4.69) is 34.1 Å². The lowest BCUT2D eigenvalue weighted by Gasteiger charge is -2.29. The lowest BCUT2D eigenvalue weighted by atomic mass is 10.00. The van der Waals surface area contributed by atoms with E-state index in [9.17, 15) is 0 Å². The van der Waals surface area contributed by atoms with Gasteiger partial charge in [0.15, 0.2) is 11.4 Å². The Bertz CT molecular complexity index is 1200. The van der Waals surface area contributed by atoms with Gasteiger partial charge in [0.2, 0.25) is 11.8 Å². The second-order valence-electron chi connectivity index (χ2n) is 8.06. The van der Waals surface area contributed by atoms with E-state index in [1.165, 1.54) is 11.1 Å². The van der Waals surface area contributed by atoms with E-state index in [1.54, 1.807) is 6.26 Å². The first-order valence-electron chi connectivity index (χ1n) is 10.8. The van der Waals surface area contributed by atoms with E-state index in [-0.39, 0.29) is 0 Å². The van der Waals surface area contributed by atoms with Gasteiger partial charge in [0.25, 0.3) is 0 Å². The molecule has 0 N–H and O–H groups in total. The molecule has 0 amide bonds. The monoisotopic (exact) mass is 416 g/mol. The molecule has 0 aliphatic carbocycles. The van der Waals surface area contributed by atoms with Crippen LogP contribution in [0, 0.1) is 0 Å². The molecule has 3 aromatic heterocycles. The molecule has 0 bridgehead atoms. The van der Waals surface area contributed by atoms with E-state index >= 15 is 0 Å². The van der Waals surface area contributed by atoms with Crippen molar-refractivity contribution in [3.05, 3.63) is 65.5 Å². The number of hydrogen-bond acceptors (Lipinski definition) is 7. The van der Waals surface area contributed by atoms with Gasteiger partial charge < -0.3 is 14.1 Å². The van der Waals surface area contributed by atoms with Gasteiger partial charge in [-0.1, -0.05) is 24.3 Å². The van der Waals surface area contributed by atoms with Crippen LogP contribution in [0.1, 0.15) is 16.7 Å². The summed E-state index contributed by atoms with van der Waals surface area (Å²) in [5.41, 5.74) is 4.76. The quantitative estimate of drug-likeness (QED) is 0.507. The van der Waals surface area contributed by atoms with Crippen molar-refractivity contribution < 1.29 is 9.15 Å². The van der Waals surface area contributed by atoms with Crippen molar-refractivity contribution in [2.45, 2.75) is 19.5 Å². The molecule has 0 spiro atoms. The zero-order chi connectivity index (χ0) is 20.6. The number of anilines is 1. The maximum absolute atomic E-state index is 5.56. The molecule has 6 rings (SSSR count). The molecule has 8 nitrogen and oxygen atoms in total. The van der Waals surface area contributed by atoms with Crippen molar-refractivity contribution in [1.29, 1.82) is 0 Å². The van der Waals surface area contributed by atoms with Gasteiger partial charge in [0, 0.05) is 44.5 Å². The molecule has 2 aliphatic heterocycles. The molecular formula is C23H24N6O2. The highest BCUT2D eigenvalue weighted by Crippen LogP contribution is 2.25. The summed E-state index contributed by atoms with van der Waals surface area (Å²) < 4.78 is 12.9. The van der Waals surface area contributed by atoms with Crippen LogP contribution in [0.4, 0.5) is 5.95 Å². The van der Waals surface area contributed by atoms with Crippen molar-refractivity contribution in [1.82, 2.24) is 24.5 Å². The molecule has 1 aromatic carbocycles. The van der Waals surface area contributed by atoms with Gasteiger partial charge in [-0.2, -0.15) is 4.52 Å². The number of aromatic nitrogens is 4. The van der Waals surface area contributed by atoms with Gasteiger partial charge in [0.05, 0.1) is 19.5 Å². The van der Waals surface area contributed by atoms with E-state index in [0.717, 1.165) is 56.3 Å². The number of fused-ring (bicyclic) bond motifs is 2. The SMILES string of the molecule is c1coc(-c2nc3c(CN4CCc5ccccc5C4)cnc(N4CCOCC4)n3n2)c1. The zero-order valence-electron chi connectivity index (χ0n) is 17.3. The zero-order valence-corrected chi connectivity index (χ0v) is 17.3. The third-order valence-electron chi connectivity index (χ3n) is 6.06. The Kier molecular flexibility index (Phi) is 4.66. The first-order valence-corrected chi connectivity index (χ1v) is 10.8. The largest absolute Gasteiger partial charge is 0.461 e. The molecule has 1 saturated heterocycles. The number of hydrogen-bond donors (Lipinski definition) is 0. The molecule has 0 radical (unpaired) electrons. The fourth-order valence-corrected chi connectivity index (χ4v) is 4.44. The summed E-state index contributed by atoms with van der Waals surface area (Å²) in [5.74, 6) is 2.04. The van der Waals surface area contributed by atoms with Gasteiger partial charge in [0.1, 0.15) is 0 Å². The Hall–Kier alpha value is -3.23. The second-order valence-corrected chi connectivity index (χ2v) is 8.06. The summed E-state index contributed by atoms with van der Waals surface area (Å²) in [5, 5.41) is 4.77. The minimum atomic E-state index is 0.581. The molecule has 0 saturated carbocycles. The molecule has 2 aliphatic rings. The predicted octanol–water partition coefficient (Wildman–Crippen LogP) is 2.78. The van der Waals surface area contributed by atoms with Crippen molar-refractivity contribution in [2.24, 2.45) is 0 Å². The van der Waals surface area contributed by atoms with E-state index in [1.807, 2.05) is 22.8 Å². The average molecular weight is 416 g/mol. The van der Waals surface area contributed by atoms with Crippen LogP contribution in [0.25, 0.3) is 17.2 Å². The third-order valence-corrected chi connectivity index (χ3v) is 6.06. The first kappa shape index (κ1) is 18.5. The van der Waals surface area contributed by atoms with Crippen LogP contribution in [0.3, 0.4) is 0 Å². The summed E-state index contributed by atoms with van der Waals surface area (Å²) in [6, 6.07) is 12.4. The summed E-state index contributed by atoms with van der Waals surface area (Å²) in [4.78, 5) is 14.3. The molecule has 31 heavy (non-hydrogen) atoms. The topological polar surface area (TPSA) is 71.9 Å². The summed E-state index contributed by atoms with van der Waals surface area (Å²) >= 11 is 0. The first-order chi connectivity index (χ1) is 15.3. The van der Waals surface area contributed by atoms with E-state index in [0.29, 0.717) is 24.8 Å². The van der Waals surface area contributed by atoms with Crippen molar-refractivity contribution in [3.8, 4) is 11.6 Å². The summed E-state index contributed by atoms with van der Waals surface area (Å²) in [7, 11) is 0. The van der Waals surface area contributed by atoms with E-state index in [4.69, 9.17) is 24.2 Å². The van der Waals surface area contributed by atoms with Crippen LogP contribution in [0.5, 0.6) is 0 Å². The minimum Gasteiger partial charge on any atom is -0.461 e. The fraction of sp³-hybridized carbons (Fsp3) is 0.348. The minimum absolute atomic E-state index is 0.581. The standard InChI is InChI=1S/C23H24N6O2/c1-2-5-18-15-27(8-7-17(18)4-1)16-19-14-24-23(28-9-12-30-13-10-28)29-22(19)25-21(26-29)20-6-3-11-31-20/h1-6,11,14H,7-10,12-13,15-16H2. The maximum atomic E-state index is 5.56. The number of nitrogens with zero attached hydrogens (tertiary/aromatic N) is 6. The summed E-state index contributed by atoms with van der Waals surface area (Å²) in [6.45, 7) is 5.71. The second kappa shape index (κ2) is 7.79. The molecule has 1 fully saturated rings. The van der Waals surface area contributed by atoms with Gasteiger partial charge in [-0.15, -0.1) is 5.10 Å². The molecule has 4 aromatic rings. The highest BCUT2D eigenvalue weighted by Gasteiger charge is 2.23. The van der Waals surface area contributed by atoms with Crippen LogP contribution in [-0.4, -0.2) is 57.3 Å². The van der Waals surface area contributed by atoms with Crippen molar-refractivity contribution in [3.63, 3.8) is 0 Å². The lowest BCUT2D eigenvalue weighted by molar-refractivity contribution is 0.122. The number of furan rings is 1.